The highest BCUT2D eigenvalue weighted by atomic mass is 19.1. The summed E-state index contributed by atoms with van der Waals surface area (Å²) in [5.41, 5.74) is -7.27. The van der Waals surface area contributed by atoms with Gasteiger partial charge >= 0.3 is 12.1 Å². The lowest BCUT2D eigenvalue weighted by atomic mass is 9.44. The molecule has 0 heterocycles. The molecule has 4 aliphatic carbocycles. The number of allylic oxidation sites excluding steroid dienone is 1. The molecule has 0 aromatic carbocycles. The van der Waals surface area contributed by atoms with Gasteiger partial charge in [0.15, 0.2) is 11.6 Å². The zero-order valence-corrected chi connectivity index (χ0v) is 22.4. The first-order chi connectivity index (χ1) is 17.1. The Hall–Kier alpha value is -2.32. The average molecular weight is 525 g/mol. The number of carboxylic acid groups (broad SMARTS) is 1. The summed E-state index contributed by atoms with van der Waals surface area (Å²) >= 11 is 0. The molecule has 3 saturated carbocycles. The number of hydrogen-bond donors (Lipinski definition) is 1. The molecule has 4 rings (SSSR count). The number of fused-ring (bicyclic) bond motifs is 5. The maximum atomic E-state index is 17.2. The molecule has 0 aromatic heterocycles. The van der Waals surface area contributed by atoms with Gasteiger partial charge in [-0.3, -0.25) is 9.59 Å². The van der Waals surface area contributed by atoms with E-state index in [-0.39, 0.29) is 37.2 Å². The van der Waals surface area contributed by atoms with E-state index < -0.39 is 82.2 Å². The van der Waals surface area contributed by atoms with Crippen molar-refractivity contribution in [1.29, 1.82) is 0 Å². The Bertz CT molecular complexity index is 1060. The lowest BCUT2D eigenvalue weighted by molar-refractivity contribution is -0.207. The highest BCUT2D eigenvalue weighted by Crippen LogP contribution is 2.71. The summed E-state index contributed by atoms with van der Waals surface area (Å²) in [4.78, 5) is 51.0. The van der Waals surface area contributed by atoms with E-state index in [9.17, 15) is 24.3 Å². The maximum absolute atomic E-state index is 17.2. The third-order valence-electron chi connectivity index (χ3n) is 10.4. The SMILES string of the molecule is CCC(OC(=O)O[C@@]1(C(=O)O)[C@H](C)C[C@H]2[C@@H]3C[C@H](F)C4=CC(=O)CC(=O)[C@]4(C)C3(F)CC[C@@]21C)C(C)C. The van der Waals surface area contributed by atoms with E-state index in [2.05, 4.69) is 0 Å². The fraction of sp³-hybridized carbons (Fsp3) is 0.786. The summed E-state index contributed by atoms with van der Waals surface area (Å²) in [7, 11) is 0. The standard InChI is InChI=1S/C28H38F2O7/c1-7-21(14(2)3)36-24(35)37-28(23(33)34)15(4)10-17-18-13-20(29)19-11-16(31)12-22(32)26(19,6)27(18,30)9-8-25(17,28)5/h11,14-15,17-18,20-21H,7-10,12-13H2,1-6H3,(H,33,34)/t15-,17+,18+,20+,21?,25+,26-,27?,28-/m1/s1. The smallest absolute Gasteiger partial charge is 0.478 e. The molecule has 0 saturated heterocycles. The normalized spacial score (nSPS) is 43.9. The number of Topliss-reactive ketones (excluding diaryl/α,β-unsaturated/α-hetero) is 1. The Morgan fingerprint density at radius 3 is 2.38 bits per heavy atom. The van der Waals surface area contributed by atoms with E-state index in [0.29, 0.717) is 6.42 Å². The molecule has 0 aromatic rings. The Morgan fingerprint density at radius 1 is 1.16 bits per heavy atom. The summed E-state index contributed by atoms with van der Waals surface area (Å²) in [5.74, 6) is -4.87. The van der Waals surface area contributed by atoms with Crippen LogP contribution in [0.25, 0.3) is 0 Å². The molecule has 2 unspecified atom stereocenters. The number of aliphatic carboxylic acids is 1. The minimum atomic E-state index is -2.15. The first kappa shape index (κ1) is 27.7. The van der Waals surface area contributed by atoms with E-state index in [0.717, 1.165) is 6.08 Å². The van der Waals surface area contributed by atoms with Gasteiger partial charge in [0.1, 0.15) is 17.9 Å². The number of halogens is 2. The summed E-state index contributed by atoms with van der Waals surface area (Å²) in [6, 6.07) is 0. The van der Waals surface area contributed by atoms with Crippen molar-refractivity contribution in [1.82, 2.24) is 0 Å². The number of rotatable bonds is 5. The van der Waals surface area contributed by atoms with Crippen LogP contribution in [0.2, 0.25) is 0 Å². The van der Waals surface area contributed by atoms with Gasteiger partial charge in [-0.25, -0.2) is 18.4 Å². The summed E-state index contributed by atoms with van der Waals surface area (Å²) in [6.07, 6.45) is -2.39. The van der Waals surface area contributed by atoms with Gasteiger partial charge in [-0.1, -0.05) is 34.6 Å². The third-order valence-corrected chi connectivity index (χ3v) is 10.4. The molecule has 0 radical (unpaired) electrons. The van der Waals surface area contributed by atoms with Gasteiger partial charge in [0.2, 0.25) is 5.60 Å². The first-order valence-electron chi connectivity index (χ1n) is 13.3. The van der Waals surface area contributed by atoms with Crippen molar-refractivity contribution in [3.05, 3.63) is 11.6 Å². The first-order valence-corrected chi connectivity index (χ1v) is 13.3. The second-order valence-corrected chi connectivity index (χ2v) is 12.3. The molecule has 7 nitrogen and oxygen atoms in total. The van der Waals surface area contributed by atoms with Crippen molar-refractivity contribution in [3.63, 3.8) is 0 Å². The molecule has 0 aliphatic heterocycles. The van der Waals surface area contributed by atoms with Crippen molar-refractivity contribution in [2.24, 2.45) is 34.5 Å². The molecule has 4 aliphatic rings. The van der Waals surface area contributed by atoms with Crippen molar-refractivity contribution in [3.8, 4) is 0 Å². The van der Waals surface area contributed by atoms with E-state index in [1.54, 1.807) is 13.8 Å². The van der Waals surface area contributed by atoms with E-state index in [1.807, 2.05) is 20.8 Å². The van der Waals surface area contributed by atoms with Crippen molar-refractivity contribution < 1.29 is 42.5 Å². The monoisotopic (exact) mass is 524 g/mol. The number of ether oxygens (including phenoxy) is 2. The van der Waals surface area contributed by atoms with E-state index >= 15 is 8.78 Å². The lowest BCUT2D eigenvalue weighted by Crippen LogP contribution is -2.68. The number of ketones is 2. The highest BCUT2D eigenvalue weighted by Gasteiger charge is 2.77. The van der Waals surface area contributed by atoms with Crippen LogP contribution in [0, 0.1) is 34.5 Å². The van der Waals surface area contributed by atoms with Crippen molar-refractivity contribution in [2.75, 3.05) is 0 Å². The number of carbonyl (C=O) groups excluding carboxylic acids is 3. The van der Waals surface area contributed by atoms with Gasteiger partial charge in [-0.05, 0) is 62.5 Å². The predicted octanol–water partition coefficient (Wildman–Crippen LogP) is 5.39. The zero-order valence-electron chi connectivity index (χ0n) is 22.4. The van der Waals surface area contributed by atoms with Crippen LogP contribution in [0.15, 0.2) is 11.6 Å². The van der Waals surface area contributed by atoms with Crippen LogP contribution in [0.1, 0.15) is 80.1 Å². The second-order valence-electron chi connectivity index (χ2n) is 12.3. The van der Waals surface area contributed by atoms with Crippen LogP contribution in [0.5, 0.6) is 0 Å². The molecular weight excluding hydrogens is 486 g/mol. The molecule has 3 fully saturated rings. The largest absolute Gasteiger partial charge is 0.509 e. The summed E-state index contributed by atoms with van der Waals surface area (Å²) in [5, 5.41) is 10.5. The van der Waals surface area contributed by atoms with Gasteiger partial charge in [0, 0.05) is 17.3 Å². The minimum absolute atomic E-state index is 0.00358. The average Bonchev–Trinajstić information content (AvgIpc) is 3.03. The van der Waals surface area contributed by atoms with Gasteiger partial charge in [0.25, 0.3) is 0 Å². The van der Waals surface area contributed by atoms with Gasteiger partial charge in [-0.15, -0.1) is 0 Å². The number of alkyl halides is 2. The van der Waals surface area contributed by atoms with Crippen molar-refractivity contribution >= 4 is 23.7 Å². The molecule has 0 amide bonds. The molecule has 9 atom stereocenters. The third kappa shape index (κ3) is 3.54. The van der Waals surface area contributed by atoms with Gasteiger partial charge < -0.3 is 14.6 Å². The molecule has 37 heavy (non-hydrogen) atoms. The fourth-order valence-electron chi connectivity index (χ4n) is 8.32. The van der Waals surface area contributed by atoms with Gasteiger partial charge in [-0.2, -0.15) is 0 Å². The van der Waals surface area contributed by atoms with Gasteiger partial charge in [0.05, 0.1) is 11.8 Å². The maximum Gasteiger partial charge on any atom is 0.509 e. The highest BCUT2D eigenvalue weighted by molar-refractivity contribution is 6.12. The quantitative estimate of drug-likeness (QED) is 0.379. The number of carboxylic acids is 1. The van der Waals surface area contributed by atoms with Crippen LogP contribution in [0.4, 0.5) is 13.6 Å². The summed E-state index contributed by atoms with van der Waals surface area (Å²) in [6.45, 7) is 10.3. The topological polar surface area (TPSA) is 107 Å². The Labute approximate surface area is 216 Å². The van der Waals surface area contributed by atoms with E-state index in [1.165, 1.54) is 6.92 Å². The Kier molecular flexibility index (Phi) is 6.64. The predicted molar refractivity (Wildman–Crippen MR) is 129 cm³/mol. The molecule has 9 heteroatoms. The number of carbonyl (C=O) groups is 4. The fourth-order valence-corrected chi connectivity index (χ4v) is 8.32. The van der Waals surface area contributed by atoms with Crippen LogP contribution < -0.4 is 0 Å². The molecule has 0 spiro atoms. The van der Waals surface area contributed by atoms with Crippen molar-refractivity contribution in [2.45, 2.75) is 104 Å². The van der Waals surface area contributed by atoms with Crippen LogP contribution >= 0.6 is 0 Å². The van der Waals surface area contributed by atoms with Crippen LogP contribution in [-0.4, -0.2) is 52.3 Å². The molecule has 206 valence electrons. The molecular formula is C28H38F2O7. The van der Waals surface area contributed by atoms with Crippen LogP contribution in [0.3, 0.4) is 0 Å². The molecule has 0 bridgehead atoms. The summed E-state index contributed by atoms with van der Waals surface area (Å²) < 4.78 is 44.0. The minimum Gasteiger partial charge on any atom is -0.478 e. The zero-order chi connectivity index (χ0) is 27.7. The Morgan fingerprint density at radius 2 is 1.81 bits per heavy atom. The molecule has 1 N–H and O–H groups in total. The van der Waals surface area contributed by atoms with E-state index in [4.69, 9.17) is 9.47 Å². The number of hydrogen-bond acceptors (Lipinski definition) is 6. The second kappa shape index (κ2) is 8.87. The van der Waals surface area contributed by atoms with Crippen LogP contribution in [-0.2, 0) is 23.9 Å². The lowest BCUT2D eigenvalue weighted by Gasteiger charge is -2.61. The Balaban J connectivity index is 1.75.